The number of hydrogen-bond acceptors (Lipinski definition) is 4. The molecule has 5 heteroatoms. The summed E-state index contributed by atoms with van der Waals surface area (Å²) in [4.78, 5) is 22.1. The van der Waals surface area contributed by atoms with Gasteiger partial charge in [-0.15, -0.1) is 0 Å². The highest BCUT2D eigenvalue weighted by molar-refractivity contribution is 7.98. The van der Waals surface area contributed by atoms with Crippen LogP contribution >= 0.6 is 11.8 Å². The molecule has 0 amide bonds. The zero-order valence-electron chi connectivity index (χ0n) is 10.1. The standard InChI is InChI=1S/C10H9N3OS.C2H6/c1-15-10-12-5-3-8(13-10)7-2-4-11-9(14)6-7;1-2/h2-6H,1H3,(H,11,14);1-2H3. The molecule has 0 aliphatic heterocycles. The molecular formula is C12H15N3OS. The third-order valence-corrected chi connectivity index (χ3v) is 2.45. The minimum Gasteiger partial charge on any atom is -0.329 e. The third-order valence-electron chi connectivity index (χ3n) is 1.89. The summed E-state index contributed by atoms with van der Waals surface area (Å²) in [7, 11) is 0. The second-order valence-electron chi connectivity index (χ2n) is 2.87. The second-order valence-corrected chi connectivity index (χ2v) is 3.64. The van der Waals surface area contributed by atoms with Crippen molar-refractivity contribution in [2.45, 2.75) is 19.0 Å². The molecule has 0 unspecified atom stereocenters. The second kappa shape index (κ2) is 6.85. The van der Waals surface area contributed by atoms with E-state index in [0.717, 1.165) is 11.3 Å². The van der Waals surface area contributed by atoms with Crippen LogP contribution in [0.4, 0.5) is 0 Å². The first-order valence-corrected chi connectivity index (χ1v) is 6.58. The van der Waals surface area contributed by atoms with Crippen molar-refractivity contribution < 1.29 is 0 Å². The number of H-pyrrole nitrogens is 1. The molecule has 2 heterocycles. The van der Waals surface area contributed by atoms with Gasteiger partial charge in [0.15, 0.2) is 5.16 Å². The summed E-state index contributed by atoms with van der Waals surface area (Å²) in [5, 5.41) is 0.702. The first-order chi connectivity index (χ1) is 8.29. The highest BCUT2D eigenvalue weighted by Crippen LogP contribution is 2.16. The lowest BCUT2D eigenvalue weighted by molar-refractivity contribution is 0.975. The Kier molecular flexibility index (Phi) is 5.42. The van der Waals surface area contributed by atoms with Gasteiger partial charge in [0.05, 0.1) is 5.69 Å². The van der Waals surface area contributed by atoms with Gasteiger partial charge in [-0.1, -0.05) is 25.6 Å². The van der Waals surface area contributed by atoms with E-state index in [1.807, 2.05) is 26.2 Å². The van der Waals surface area contributed by atoms with Crippen LogP contribution in [0.15, 0.2) is 40.5 Å². The van der Waals surface area contributed by atoms with Gasteiger partial charge in [-0.2, -0.15) is 0 Å². The summed E-state index contributed by atoms with van der Waals surface area (Å²) < 4.78 is 0. The number of nitrogens with zero attached hydrogens (tertiary/aromatic N) is 2. The maximum atomic E-state index is 11.1. The molecule has 0 aliphatic carbocycles. The van der Waals surface area contributed by atoms with Crippen LogP contribution < -0.4 is 5.56 Å². The zero-order chi connectivity index (χ0) is 12.7. The van der Waals surface area contributed by atoms with Crippen molar-refractivity contribution in [1.82, 2.24) is 15.0 Å². The fraction of sp³-hybridized carbons (Fsp3) is 0.250. The molecule has 0 atom stereocenters. The van der Waals surface area contributed by atoms with Gasteiger partial charge in [0.1, 0.15) is 0 Å². The highest BCUT2D eigenvalue weighted by Gasteiger charge is 2.01. The molecule has 90 valence electrons. The Bertz CT molecular complexity index is 525. The summed E-state index contributed by atoms with van der Waals surface area (Å²) in [6.07, 6.45) is 5.21. The number of aromatic amines is 1. The molecule has 1 N–H and O–H groups in total. The number of nitrogens with one attached hydrogen (secondary N) is 1. The van der Waals surface area contributed by atoms with E-state index in [2.05, 4.69) is 15.0 Å². The Balaban J connectivity index is 0.000000686. The molecule has 0 spiro atoms. The zero-order valence-corrected chi connectivity index (χ0v) is 10.9. The van der Waals surface area contributed by atoms with E-state index in [9.17, 15) is 4.79 Å². The largest absolute Gasteiger partial charge is 0.329 e. The van der Waals surface area contributed by atoms with E-state index in [-0.39, 0.29) is 5.56 Å². The molecule has 0 radical (unpaired) electrons. The summed E-state index contributed by atoms with van der Waals surface area (Å²) in [5.74, 6) is 0. The summed E-state index contributed by atoms with van der Waals surface area (Å²) in [6.45, 7) is 4.00. The van der Waals surface area contributed by atoms with Gasteiger partial charge in [-0.25, -0.2) is 9.97 Å². The minimum atomic E-state index is -0.128. The predicted octanol–water partition coefficient (Wildman–Crippen LogP) is 2.58. The molecule has 2 aromatic heterocycles. The average molecular weight is 249 g/mol. The summed E-state index contributed by atoms with van der Waals surface area (Å²) in [5.41, 5.74) is 1.44. The number of aromatic nitrogens is 3. The lowest BCUT2D eigenvalue weighted by Gasteiger charge is -2.00. The van der Waals surface area contributed by atoms with Crippen LogP contribution in [0.25, 0.3) is 11.3 Å². The Morgan fingerprint density at radius 2 is 2.06 bits per heavy atom. The quantitative estimate of drug-likeness (QED) is 0.656. The van der Waals surface area contributed by atoms with Gasteiger partial charge < -0.3 is 4.98 Å². The smallest absolute Gasteiger partial charge is 0.248 e. The Morgan fingerprint density at radius 3 is 2.71 bits per heavy atom. The van der Waals surface area contributed by atoms with Gasteiger partial charge >= 0.3 is 0 Å². The molecule has 0 fully saturated rings. The monoisotopic (exact) mass is 249 g/mol. The van der Waals surface area contributed by atoms with Crippen LogP contribution in [-0.2, 0) is 0 Å². The Hall–Kier alpha value is -1.62. The number of thioether (sulfide) groups is 1. The van der Waals surface area contributed by atoms with Crippen molar-refractivity contribution in [2.24, 2.45) is 0 Å². The van der Waals surface area contributed by atoms with E-state index in [1.54, 1.807) is 18.5 Å². The van der Waals surface area contributed by atoms with Crippen LogP contribution in [0.2, 0.25) is 0 Å². The van der Waals surface area contributed by atoms with Gasteiger partial charge in [-0.3, -0.25) is 4.79 Å². The fourth-order valence-corrected chi connectivity index (χ4v) is 1.56. The van der Waals surface area contributed by atoms with Crippen LogP contribution in [0.5, 0.6) is 0 Å². The molecular weight excluding hydrogens is 234 g/mol. The van der Waals surface area contributed by atoms with Crippen molar-refractivity contribution in [1.29, 1.82) is 0 Å². The molecule has 0 aliphatic rings. The predicted molar refractivity (Wildman–Crippen MR) is 71.2 cm³/mol. The van der Waals surface area contributed by atoms with Crippen molar-refractivity contribution in [2.75, 3.05) is 6.26 Å². The number of hydrogen-bond donors (Lipinski definition) is 1. The Labute approximate surface area is 105 Å². The van der Waals surface area contributed by atoms with E-state index >= 15 is 0 Å². The molecule has 2 aromatic rings. The molecule has 17 heavy (non-hydrogen) atoms. The number of rotatable bonds is 2. The normalized spacial score (nSPS) is 9.35. The van der Waals surface area contributed by atoms with Crippen LogP contribution in [0.3, 0.4) is 0 Å². The molecule has 0 bridgehead atoms. The first kappa shape index (κ1) is 13.4. The van der Waals surface area contributed by atoms with Gasteiger partial charge in [0, 0.05) is 24.0 Å². The third kappa shape index (κ3) is 3.71. The molecule has 4 nitrogen and oxygen atoms in total. The van der Waals surface area contributed by atoms with E-state index < -0.39 is 0 Å². The lowest BCUT2D eigenvalue weighted by Crippen LogP contribution is -2.02. The van der Waals surface area contributed by atoms with E-state index in [4.69, 9.17) is 0 Å². The van der Waals surface area contributed by atoms with Crippen molar-refractivity contribution in [3.63, 3.8) is 0 Å². The molecule has 2 rings (SSSR count). The fourth-order valence-electron chi connectivity index (χ4n) is 1.20. The van der Waals surface area contributed by atoms with E-state index in [1.165, 1.54) is 17.8 Å². The molecule has 0 saturated carbocycles. The van der Waals surface area contributed by atoms with Crippen LogP contribution in [-0.4, -0.2) is 21.2 Å². The molecule has 0 saturated heterocycles. The van der Waals surface area contributed by atoms with Crippen LogP contribution in [0.1, 0.15) is 13.8 Å². The highest BCUT2D eigenvalue weighted by atomic mass is 32.2. The van der Waals surface area contributed by atoms with Crippen LogP contribution in [0, 0.1) is 0 Å². The topological polar surface area (TPSA) is 58.6 Å². The summed E-state index contributed by atoms with van der Waals surface area (Å²) >= 11 is 1.47. The van der Waals surface area contributed by atoms with Gasteiger partial charge in [0.25, 0.3) is 0 Å². The molecule has 0 aromatic carbocycles. The number of pyridine rings is 1. The first-order valence-electron chi connectivity index (χ1n) is 5.36. The van der Waals surface area contributed by atoms with Gasteiger partial charge in [-0.05, 0) is 18.4 Å². The maximum absolute atomic E-state index is 11.1. The van der Waals surface area contributed by atoms with Crippen molar-refractivity contribution in [3.8, 4) is 11.3 Å². The summed E-state index contributed by atoms with van der Waals surface area (Å²) in [6, 6.07) is 5.12. The SMILES string of the molecule is CC.CSc1nccc(-c2cc[nH]c(=O)c2)n1. The van der Waals surface area contributed by atoms with E-state index in [0.29, 0.717) is 5.16 Å². The maximum Gasteiger partial charge on any atom is 0.248 e. The Morgan fingerprint density at radius 1 is 1.29 bits per heavy atom. The average Bonchev–Trinajstić information content (AvgIpc) is 2.41. The van der Waals surface area contributed by atoms with Crippen molar-refractivity contribution in [3.05, 3.63) is 40.9 Å². The minimum absolute atomic E-state index is 0.128. The van der Waals surface area contributed by atoms with Crippen molar-refractivity contribution >= 4 is 11.8 Å². The lowest BCUT2D eigenvalue weighted by atomic mass is 10.2. The van der Waals surface area contributed by atoms with Gasteiger partial charge in [0.2, 0.25) is 5.56 Å².